The second-order valence-corrected chi connectivity index (χ2v) is 7.85. The summed E-state index contributed by atoms with van der Waals surface area (Å²) in [4.78, 5) is 23.2. The van der Waals surface area contributed by atoms with Crippen molar-refractivity contribution in [3.63, 3.8) is 0 Å². The van der Waals surface area contributed by atoms with Crippen molar-refractivity contribution in [3.8, 4) is 11.3 Å². The Hall–Kier alpha value is -1.85. The molecule has 5 nitrogen and oxygen atoms in total. The number of nitrogens with one attached hydrogen (secondary N) is 1. The predicted octanol–water partition coefficient (Wildman–Crippen LogP) is 3.77. The molecule has 2 fully saturated rings. The van der Waals surface area contributed by atoms with Gasteiger partial charge in [0.2, 0.25) is 5.91 Å². The van der Waals surface area contributed by atoms with Crippen LogP contribution in [0, 0.1) is 11.8 Å². The number of hydrogen-bond donors (Lipinski definition) is 2. The molecule has 1 aromatic carbocycles. The van der Waals surface area contributed by atoms with Gasteiger partial charge in [0.25, 0.3) is 0 Å². The first-order valence-electron chi connectivity index (χ1n) is 9.48. The number of H-pyrrole nitrogens is 1. The molecule has 1 saturated heterocycles. The standard InChI is InChI=1S/C20H25ClN4O/c21-15-8-6-13(7-9-15)17-12-23-19(24-17)18-5-2-10-25(18)20(26)16-4-1-3-14(16)11-22/h6-9,12,14,16,18H,1-5,10-11,22H2,(H,23,24)/t14-,16-,18?/m1/s1. The molecular weight excluding hydrogens is 348 g/mol. The summed E-state index contributed by atoms with van der Waals surface area (Å²) in [6, 6.07) is 7.73. The lowest BCUT2D eigenvalue weighted by Gasteiger charge is -2.28. The topological polar surface area (TPSA) is 75.0 Å². The minimum absolute atomic E-state index is 0.0441. The van der Waals surface area contributed by atoms with Crippen LogP contribution in [-0.2, 0) is 4.79 Å². The number of carbonyl (C=O) groups is 1. The molecule has 3 N–H and O–H groups in total. The number of benzene rings is 1. The molecular formula is C20H25ClN4O. The molecule has 138 valence electrons. The molecule has 1 amide bonds. The smallest absolute Gasteiger partial charge is 0.226 e. The van der Waals surface area contributed by atoms with Gasteiger partial charge in [-0.05, 0) is 55.8 Å². The summed E-state index contributed by atoms with van der Waals surface area (Å²) in [7, 11) is 0. The minimum atomic E-state index is 0.0441. The molecule has 2 aromatic rings. The fourth-order valence-electron chi connectivity index (χ4n) is 4.45. The van der Waals surface area contributed by atoms with Crippen LogP contribution in [0.25, 0.3) is 11.3 Å². The van der Waals surface area contributed by atoms with E-state index in [1.54, 1.807) is 0 Å². The number of rotatable bonds is 4. The third-order valence-electron chi connectivity index (χ3n) is 5.88. The Labute approximate surface area is 158 Å². The molecule has 4 rings (SSSR count). The molecule has 0 bridgehead atoms. The number of likely N-dealkylation sites (tertiary alicyclic amines) is 1. The quantitative estimate of drug-likeness (QED) is 0.857. The SMILES string of the molecule is NC[C@H]1CCC[C@H]1C(=O)N1CCCC1c1ncc(-c2ccc(Cl)cc2)[nH]1. The number of nitrogens with zero attached hydrogens (tertiary/aromatic N) is 2. The van der Waals surface area contributed by atoms with Crippen LogP contribution in [-0.4, -0.2) is 33.9 Å². The normalized spacial score (nSPS) is 25.8. The van der Waals surface area contributed by atoms with Crippen LogP contribution in [0.3, 0.4) is 0 Å². The Morgan fingerprint density at radius 1 is 1.23 bits per heavy atom. The second-order valence-electron chi connectivity index (χ2n) is 7.41. The van der Waals surface area contributed by atoms with E-state index >= 15 is 0 Å². The number of aromatic amines is 1. The maximum Gasteiger partial charge on any atom is 0.226 e. The van der Waals surface area contributed by atoms with Crippen LogP contribution in [0.15, 0.2) is 30.5 Å². The lowest BCUT2D eigenvalue weighted by Crippen LogP contribution is -2.39. The van der Waals surface area contributed by atoms with Gasteiger partial charge in [-0.25, -0.2) is 4.98 Å². The molecule has 6 heteroatoms. The molecule has 1 unspecified atom stereocenters. The van der Waals surface area contributed by atoms with Gasteiger partial charge in [0.1, 0.15) is 5.82 Å². The van der Waals surface area contributed by atoms with Crippen LogP contribution < -0.4 is 5.73 Å². The van der Waals surface area contributed by atoms with Crippen molar-refractivity contribution < 1.29 is 4.79 Å². The van der Waals surface area contributed by atoms with E-state index in [1.165, 1.54) is 0 Å². The summed E-state index contributed by atoms with van der Waals surface area (Å²) >= 11 is 5.97. The summed E-state index contributed by atoms with van der Waals surface area (Å²) in [6.07, 6.45) is 6.98. The van der Waals surface area contributed by atoms with Gasteiger partial charge in [-0.3, -0.25) is 4.79 Å². The van der Waals surface area contributed by atoms with Gasteiger partial charge in [-0.15, -0.1) is 0 Å². The highest BCUT2D eigenvalue weighted by Gasteiger charge is 2.39. The number of hydrogen-bond acceptors (Lipinski definition) is 3. The summed E-state index contributed by atoms with van der Waals surface area (Å²) in [5.41, 5.74) is 7.89. The van der Waals surface area contributed by atoms with Gasteiger partial charge in [-0.2, -0.15) is 0 Å². The van der Waals surface area contributed by atoms with Gasteiger partial charge in [-0.1, -0.05) is 30.2 Å². The fraction of sp³-hybridized carbons (Fsp3) is 0.500. The van der Waals surface area contributed by atoms with Crippen molar-refractivity contribution in [2.45, 2.75) is 38.1 Å². The van der Waals surface area contributed by atoms with E-state index in [2.05, 4.69) is 9.97 Å². The zero-order chi connectivity index (χ0) is 18.1. The highest BCUT2D eigenvalue weighted by molar-refractivity contribution is 6.30. The van der Waals surface area contributed by atoms with E-state index in [0.29, 0.717) is 17.5 Å². The fourth-order valence-corrected chi connectivity index (χ4v) is 4.58. The van der Waals surface area contributed by atoms with E-state index in [-0.39, 0.29) is 17.9 Å². The maximum atomic E-state index is 13.1. The van der Waals surface area contributed by atoms with Crippen LogP contribution in [0.4, 0.5) is 0 Å². The number of halogens is 1. The number of nitrogens with two attached hydrogens (primary N) is 1. The first-order valence-corrected chi connectivity index (χ1v) is 9.86. The monoisotopic (exact) mass is 372 g/mol. The Balaban J connectivity index is 1.53. The molecule has 26 heavy (non-hydrogen) atoms. The molecule has 0 spiro atoms. The van der Waals surface area contributed by atoms with E-state index in [4.69, 9.17) is 17.3 Å². The van der Waals surface area contributed by atoms with Gasteiger partial charge in [0.15, 0.2) is 0 Å². The zero-order valence-electron chi connectivity index (χ0n) is 14.8. The lowest BCUT2D eigenvalue weighted by atomic mass is 9.94. The molecule has 0 radical (unpaired) electrons. The predicted molar refractivity (Wildman–Crippen MR) is 103 cm³/mol. The Morgan fingerprint density at radius 2 is 2.04 bits per heavy atom. The number of amides is 1. The zero-order valence-corrected chi connectivity index (χ0v) is 15.6. The van der Waals surface area contributed by atoms with Crippen molar-refractivity contribution in [1.82, 2.24) is 14.9 Å². The van der Waals surface area contributed by atoms with Gasteiger partial charge >= 0.3 is 0 Å². The van der Waals surface area contributed by atoms with Crippen LogP contribution >= 0.6 is 11.6 Å². The van der Waals surface area contributed by atoms with E-state index in [9.17, 15) is 4.79 Å². The van der Waals surface area contributed by atoms with Gasteiger partial charge in [0.05, 0.1) is 17.9 Å². The highest BCUT2D eigenvalue weighted by atomic mass is 35.5. The van der Waals surface area contributed by atoms with Crippen LogP contribution in [0.2, 0.25) is 5.02 Å². The largest absolute Gasteiger partial charge is 0.340 e. The lowest BCUT2D eigenvalue weighted by molar-refractivity contribution is -0.137. The molecule has 3 atom stereocenters. The average Bonchev–Trinajstić information content (AvgIpc) is 3.40. The molecule has 2 heterocycles. The summed E-state index contributed by atoms with van der Waals surface area (Å²) in [5, 5.41) is 0.715. The third-order valence-corrected chi connectivity index (χ3v) is 6.13. The van der Waals surface area contributed by atoms with Crippen molar-refractivity contribution in [2.75, 3.05) is 13.1 Å². The van der Waals surface area contributed by atoms with Gasteiger partial charge in [0, 0.05) is 17.5 Å². The Bertz CT molecular complexity index is 772. The molecule has 1 aromatic heterocycles. The average molecular weight is 373 g/mol. The van der Waals surface area contributed by atoms with E-state index in [1.807, 2.05) is 35.4 Å². The molecule has 1 saturated carbocycles. The number of carbonyl (C=O) groups excluding carboxylic acids is 1. The first-order chi connectivity index (χ1) is 12.7. The Morgan fingerprint density at radius 3 is 2.81 bits per heavy atom. The molecule has 1 aliphatic carbocycles. The third kappa shape index (κ3) is 3.26. The van der Waals surface area contributed by atoms with Crippen molar-refractivity contribution >= 4 is 17.5 Å². The summed E-state index contributed by atoms with van der Waals surface area (Å²) < 4.78 is 0. The van der Waals surface area contributed by atoms with Crippen molar-refractivity contribution in [1.29, 1.82) is 0 Å². The Kier molecular flexibility index (Phi) is 5.00. The summed E-state index contributed by atoms with van der Waals surface area (Å²) in [6.45, 7) is 1.42. The van der Waals surface area contributed by atoms with Gasteiger partial charge < -0.3 is 15.6 Å². The van der Waals surface area contributed by atoms with Crippen molar-refractivity contribution in [3.05, 3.63) is 41.3 Å². The number of aromatic nitrogens is 2. The second kappa shape index (κ2) is 7.41. The van der Waals surface area contributed by atoms with Crippen molar-refractivity contribution in [2.24, 2.45) is 17.6 Å². The van der Waals surface area contributed by atoms with Crippen LogP contribution in [0.1, 0.15) is 44.0 Å². The van der Waals surface area contributed by atoms with Crippen LogP contribution in [0.5, 0.6) is 0 Å². The highest BCUT2D eigenvalue weighted by Crippen LogP contribution is 2.38. The first kappa shape index (κ1) is 17.6. The molecule has 2 aliphatic rings. The van der Waals surface area contributed by atoms with E-state index < -0.39 is 0 Å². The molecule has 1 aliphatic heterocycles. The number of imidazole rings is 1. The van der Waals surface area contributed by atoms with E-state index in [0.717, 1.165) is 55.7 Å². The maximum absolute atomic E-state index is 13.1. The minimum Gasteiger partial charge on any atom is -0.340 e. The summed E-state index contributed by atoms with van der Waals surface area (Å²) in [5.74, 6) is 1.57.